The van der Waals surface area contributed by atoms with Crippen molar-refractivity contribution in [1.29, 1.82) is 0 Å². The van der Waals surface area contributed by atoms with Crippen molar-refractivity contribution in [3.63, 3.8) is 0 Å². The van der Waals surface area contributed by atoms with Crippen LogP contribution in [0.5, 0.6) is 11.5 Å². The van der Waals surface area contributed by atoms with Crippen LogP contribution in [0, 0.1) is 10.1 Å². The van der Waals surface area contributed by atoms with Crippen LogP contribution in [0.4, 0.5) is 16.2 Å². The van der Waals surface area contributed by atoms with Crippen molar-refractivity contribution < 1.29 is 28.8 Å². The molecule has 0 unspecified atom stereocenters. The van der Waals surface area contributed by atoms with E-state index in [0.29, 0.717) is 5.02 Å². The van der Waals surface area contributed by atoms with Crippen molar-refractivity contribution in [3.8, 4) is 11.5 Å². The molecule has 0 radical (unpaired) electrons. The number of nitro groups is 1. The lowest BCUT2D eigenvalue weighted by Crippen LogP contribution is -2.54. The first kappa shape index (κ1) is 20.8. The van der Waals surface area contributed by atoms with E-state index in [1.165, 1.54) is 44.6 Å². The molecule has 4 amide bonds. The molecule has 1 N–H and O–H groups in total. The average Bonchev–Trinajstić information content (AvgIpc) is 2.71. The van der Waals surface area contributed by atoms with Crippen LogP contribution in [0.3, 0.4) is 0 Å². The Hall–Kier alpha value is -3.92. The Bertz CT molecular complexity index is 1100. The van der Waals surface area contributed by atoms with Crippen LogP contribution in [0.15, 0.2) is 42.0 Å². The van der Waals surface area contributed by atoms with Crippen molar-refractivity contribution in [1.82, 2.24) is 5.32 Å². The number of hydrogen-bond acceptors (Lipinski definition) is 7. The number of nitrogens with one attached hydrogen (secondary N) is 1. The highest BCUT2D eigenvalue weighted by Gasteiger charge is 2.37. The average molecular weight is 432 g/mol. The van der Waals surface area contributed by atoms with E-state index >= 15 is 0 Å². The van der Waals surface area contributed by atoms with Gasteiger partial charge in [-0.3, -0.25) is 25.0 Å². The number of halogens is 1. The second-order valence-corrected chi connectivity index (χ2v) is 6.39. The zero-order valence-corrected chi connectivity index (χ0v) is 16.4. The monoisotopic (exact) mass is 431 g/mol. The summed E-state index contributed by atoms with van der Waals surface area (Å²) in [6, 6.07) is 7.20. The zero-order valence-electron chi connectivity index (χ0n) is 15.7. The molecule has 1 heterocycles. The predicted molar refractivity (Wildman–Crippen MR) is 107 cm³/mol. The highest BCUT2D eigenvalue weighted by molar-refractivity contribution is 6.39. The summed E-state index contributed by atoms with van der Waals surface area (Å²) < 4.78 is 10.2. The zero-order chi connectivity index (χ0) is 22.0. The number of ether oxygens (including phenoxy) is 2. The number of benzene rings is 2. The smallest absolute Gasteiger partial charge is 0.335 e. The number of rotatable bonds is 5. The number of amides is 4. The molecule has 1 saturated heterocycles. The van der Waals surface area contributed by atoms with Crippen molar-refractivity contribution >= 4 is 46.9 Å². The summed E-state index contributed by atoms with van der Waals surface area (Å²) in [7, 11) is 2.65. The summed E-state index contributed by atoms with van der Waals surface area (Å²) in [4.78, 5) is 49.0. The first-order chi connectivity index (χ1) is 14.3. The fourth-order valence-electron chi connectivity index (χ4n) is 2.80. The van der Waals surface area contributed by atoms with E-state index in [-0.39, 0.29) is 22.7 Å². The van der Waals surface area contributed by atoms with Crippen LogP contribution in [-0.4, -0.2) is 37.0 Å². The van der Waals surface area contributed by atoms with Gasteiger partial charge in [0.25, 0.3) is 17.5 Å². The second-order valence-electron chi connectivity index (χ2n) is 5.96. The van der Waals surface area contributed by atoms with E-state index in [1.54, 1.807) is 0 Å². The van der Waals surface area contributed by atoms with Gasteiger partial charge in [0.2, 0.25) is 0 Å². The molecule has 30 heavy (non-hydrogen) atoms. The van der Waals surface area contributed by atoms with E-state index in [9.17, 15) is 24.5 Å². The number of hydrogen-bond donors (Lipinski definition) is 1. The van der Waals surface area contributed by atoms with Crippen LogP contribution in [-0.2, 0) is 9.59 Å². The van der Waals surface area contributed by atoms with Gasteiger partial charge in [0.1, 0.15) is 5.57 Å². The lowest BCUT2D eigenvalue weighted by atomic mass is 10.0. The Morgan fingerprint density at radius 3 is 2.23 bits per heavy atom. The molecule has 2 aromatic rings. The molecule has 11 heteroatoms. The Morgan fingerprint density at radius 2 is 1.67 bits per heavy atom. The molecular formula is C19H14ClN3O7. The first-order valence-corrected chi connectivity index (χ1v) is 8.72. The number of carbonyl (C=O) groups excluding carboxylic acids is 3. The lowest BCUT2D eigenvalue weighted by molar-refractivity contribution is -0.385. The number of barbiturate groups is 1. The Labute approximate surface area is 174 Å². The fraction of sp³-hybridized carbons (Fsp3) is 0.105. The van der Waals surface area contributed by atoms with Crippen LogP contribution < -0.4 is 19.7 Å². The molecule has 3 rings (SSSR count). The number of anilines is 1. The predicted octanol–water partition coefficient (Wildman–Crippen LogP) is 2.93. The summed E-state index contributed by atoms with van der Waals surface area (Å²) in [5, 5.41) is 13.9. The van der Waals surface area contributed by atoms with E-state index < -0.39 is 34.0 Å². The Balaban J connectivity index is 2.12. The van der Waals surface area contributed by atoms with Gasteiger partial charge < -0.3 is 9.47 Å². The maximum Gasteiger partial charge on any atom is 0.335 e. The summed E-state index contributed by atoms with van der Waals surface area (Å²) in [5.41, 5.74) is -0.806. The van der Waals surface area contributed by atoms with Gasteiger partial charge in [-0.05, 0) is 36.4 Å². The number of nitro benzene ring substituents is 1. The standard InChI is InChI=1S/C19H14ClN3O7/c1-29-15-8-10(14(23(27)28)9-16(15)30-2)7-13-17(24)21-19(26)22(18(13)25)12-5-3-11(20)4-6-12/h3-9H,1-2H3,(H,21,24,26). The summed E-state index contributed by atoms with van der Waals surface area (Å²) in [6.07, 6.45) is 1.02. The van der Waals surface area contributed by atoms with Gasteiger partial charge in [-0.25, -0.2) is 9.69 Å². The maximum absolute atomic E-state index is 12.9. The lowest BCUT2D eigenvalue weighted by Gasteiger charge is -2.26. The van der Waals surface area contributed by atoms with Gasteiger partial charge >= 0.3 is 6.03 Å². The minimum atomic E-state index is -0.987. The van der Waals surface area contributed by atoms with Crippen molar-refractivity contribution in [2.75, 3.05) is 19.1 Å². The van der Waals surface area contributed by atoms with Gasteiger partial charge in [0.05, 0.1) is 36.5 Å². The minimum Gasteiger partial charge on any atom is -0.493 e. The van der Waals surface area contributed by atoms with Crippen LogP contribution >= 0.6 is 11.6 Å². The molecule has 10 nitrogen and oxygen atoms in total. The molecule has 1 aliphatic rings. The number of urea groups is 1. The van der Waals surface area contributed by atoms with E-state index in [0.717, 1.165) is 17.0 Å². The van der Waals surface area contributed by atoms with Gasteiger partial charge in [-0.1, -0.05) is 11.6 Å². The molecule has 0 aliphatic carbocycles. The molecule has 0 saturated carbocycles. The molecule has 0 atom stereocenters. The Kier molecular flexibility index (Phi) is 5.70. The van der Waals surface area contributed by atoms with Crippen molar-refractivity contribution in [2.45, 2.75) is 0 Å². The van der Waals surface area contributed by atoms with Gasteiger partial charge in [0, 0.05) is 5.02 Å². The molecule has 1 fully saturated rings. The normalized spacial score (nSPS) is 15.2. The molecule has 154 valence electrons. The molecule has 2 aromatic carbocycles. The van der Waals surface area contributed by atoms with E-state index in [2.05, 4.69) is 0 Å². The first-order valence-electron chi connectivity index (χ1n) is 8.34. The summed E-state index contributed by atoms with van der Waals surface area (Å²) in [6.45, 7) is 0. The topological polar surface area (TPSA) is 128 Å². The van der Waals surface area contributed by atoms with Crippen molar-refractivity contribution in [3.05, 3.63) is 62.7 Å². The molecule has 0 aromatic heterocycles. The molecule has 1 aliphatic heterocycles. The second kappa shape index (κ2) is 8.21. The number of carbonyl (C=O) groups is 3. The third-order valence-corrected chi connectivity index (χ3v) is 4.47. The SMILES string of the molecule is COc1cc(C=C2C(=O)NC(=O)N(c3ccc(Cl)cc3)C2=O)c([N+](=O)[O-])cc1OC. The van der Waals surface area contributed by atoms with Crippen LogP contribution in [0.2, 0.25) is 5.02 Å². The summed E-state index contributed by atoms with van der Waals surface area (Å²) >= 11 is 5.83. The number of nitrogens with zero attached hydrogens (tertiary/aromatic N) is 2. The van der Waals surface area contributed by atoms with Gasteiger partial charge in [-0.15, -0.1) is 0 Å². The van der Waals surface area contributed by atoms with E-state index in [4.69, 9.17) is 21.1 Å². The Morgan fingerprint density at radius 1 is 1.07 bits per heavy atom. The highest BCUT2D eigenvalue weighted by Crippen LogP contribution is 2.36. The minimum absolute atomic E-state index is 0.0819. The summed E-state index contributed by atoms with van der Waals surface area (Å²) in [5.74, 6) is -1.68. The van der Waals surface area contributed by atoms with Gasteiger partial charge in [-0.2, -0.15) is 0 Å². The third kappa shape index (κ3) is 3.80. The quantitative estimate of drug-likeness (QED) is 0.333. The molecule has 0 bridgehead atoms. The number of methoxy groups -OCH3 is 2. The molecule has 0 spiro atoms. The fourth-order valence-corrected chi connectivity index (χ4v) is 2.92. The van der Waals surface area contributed by atoms with Gasteiger partial charge in [0.15, 0.2) is 11.5 Å². The number of imide groups is 2. The third-order valence-electron chi connectivity index (χ3n) is 4.22. The van der Waals surface area contributed by atoms with Crippen LogP contribution in [0.1, 0.15) is 5.56 Å². The van der Waals surface area contributed by atoms with Crippen LogP contribution in [0.25, 0.3) is 6.08 Å². The largest absolute Gasteiger partial charge is 0.493 e. The highest BCUT2D eigenvalue weighted by atomic mass is 35.5. The van der Waals surface area contributed by atoms with E-state index in [1.807, 2.05) is 5.32 Å². The maximum atomic E-state index is 12.9. The molecular weight excluding hydrogens is 418 g/mol. The van der Waals surface area contributed by atoms with Crippen molar-refractivity contribution in [2.24, 2.45) is 0 Å².